The molecule has 3 rings (SSSR count). The van der Waals surface area contributed by atoms with Crippen LogP contribution in [0.4, 0.5) is 5.69 Å². The van der Waals surface area contributed by atoms with Crippen LogP contribution in [0.2, 0.25) is 0 Å². The van der Waals surface area contributed by atoms with E-state index in [1.165, 1.54) is 37.2 Å². The normalized spacial score (nSPS) is 29.7. The maximum Gasteiger partial charge on any atom is 0.139 e. The summed E-state index contributed by atoms with van der Waals surface area (Å²) in [4.78, 5) is 5.07. The fraction of sp³-hybridized carbons (Fsp3) is 0.538. The molecule has 84 valence electrons. The van der Waals surface area contributed by atoms with Gasteiger partial charge in [-0.25, -0.2) is 0 Å². The van der Waals surface area contributed by atoms with E-state index in [1.54, 1.807) is 0 Å². The molecule has 1 aromatic carbocycles. The molecule has 0 spiro atoms. The Labute approximate surface area is 98.6 Å². The largest absolute Gasteiger partial charge is 0.367 e. The van der Waals surface area contributed by atoms with Crippen LogP contribution in [-0.4, -0.2) is 45.5 Å². The second kappa shape index (κ2) is 3.81. The number of anilines is 1. The van der Waals surface area contributed by atoms with Crippen LogP contribution in [0.25, 0.3) is 0 Å². The Morgan fingerprint density at radius 1 is 1.19 bits per heavy atom. The highest BCUT2D eigenvalue weighted by Crippen LogP contribution is 2.33. The number of fused-ring (bicyclic) bond motifs is 1. The molecule has 0 N–H and O–H groups in total. The van der Waals surface area contributed by atoms with Crippen molar-refractivity contribution in [2.24, 2.45) is 5.92 Å². The van der Waals surface area contributed by atoms with E-state index in [9.17, 15) is 0 Å². The Kier molecular flexibility index (Phi) is 2.43. The first-order chi connectivity index (χ1) is 7.74. The van der Waals surface area contributed by atoms with Crippen LogP contribution in [0.3, 0.4) is 0 Å². The maximum absolute atomic E-state index is 2.60. The van der Waals surface area contributed by atoms with Crippen molar-refractivity contribution in [2.45, 2.75) is 12.5 Å². The average Bonchev–Trinajstić information content (AvgIpc) is 2.78. The van der Waals surface area contributed by atoms with Crippen molar-refractivity contribution >= 4 is 19.0 Å². The predicted octanol–water partition coefficient (Wildman–Crippen LogP) is 0.0853. The van der Waals surface area contributed by atoms with Crippen molar-refractivity contribution in [3.63, 3.8) is 0 Å². The van der Waals surface area contributed by atoms with Gasteiger partial charge in [-0.1, -0.05) is 17.6 Å². The Hall–Kier alpha value is -0.955. The molecular formula is C13H19BN2. The molecule has 0 aromatic heterocycles. The lowest BCUT2D eigenvalue weighted by molar-refractivity contribution is 0.386. The number of likely N-dealkylation sites (N-methyl/N-ethyl adjacent to an activating group) is 1. The standard InChI is InChI=1S/C13H19BN2/c1-15-8-10-6-7-16(13(10)9-15)12-4-2-11(14)3-5-12/h2-5,10,13H,6-9,14H2,1H3/t10-,13+/m1/s1. The van der Waals surface area contributed by atoms with Crippen LogP contribution >= 0.6 is 0 Å². The van der Waals surface area contributed by atoms with Gasteiger partial charge in [-0.15, -0.1) is 0 Å². The number of hydrogen-bond acceptors (Lipinski definition) is 2. The molecule has 0 bridgehead atoms. The van der Waals surface area contributed by atoms with Gasteiger partial charge in [0.05, 0.1) is 0 Å². The summed E-state index contributed by atoms with van der Waals surface area (Å²) >= 11 is 0. The van der Waals surface area contributed by atoms with Crippen molar-refractivity contribution in [3.05, 3.63) is 24.3 Å². The van der Waals surface area contributed by atoms with Crippen LogP contribution in [0, 0.1) is 5.92 Å². The van der Waals surface area contributed by atoms with Gasteiger partial charge in [0.25, 0.3) is 0 Å². The van der Waals surface area contributed by atoms with Gasteiger partial charge in [0.15, 0.2) is 0 Å². The first kappa shape index (κ1) is 10.2. The summed E-state index contributed by atoms with van der Waals surface area (Å²) in [6.07, 6.45) is 1.36. The van der Waals surface area contributed by atoms with Gasteiger partial charge in [-0.05, 0) is 31.5 Å². The SMILES string of the molecule is Bc1ccc(N2CC[C@@H]3CN(C)C[C@@H]32)cc1. The molecule has 0 aliphatic carbocycles. The summed E-state index contributed by atoms with van der Waals surface area (Å²) < 4.78 is 0. The zero-order valence-electron chi connectivity index (χ0n) is 10.2. The molecule has 2 fully saturated rings. The van der Waals surface area contributed by atoms with Gasteiger partial charge < -0.3 is 9.80 Å². The molecule has 2 heterocycles. The zero-order valence-corrected chi connectivity index (χ0v) is 10.2. The first-order valence-electron chi connectivity index (χ1n) is 6.26. The molecule has 2 aliphatic rings. The summed E-state index contributed by atoms with van der Waals surface area (Å²) in [5.74, 6) is 0.895. The molecule has 2 saturated heterocycles. The minimum atomic E-state index is 0.757. The zero-order chi connectivity index (χ0) is 11.1. The van der Waals surface area contributed by atoms with Crippen molar-refractivity contribution in [1.82, 2.24) is 4.90 Å². The van der Waals surface area contributed by atoms with E-state index in [4.69, 9.17) is 0 Å². The molecule has 0 radical (unpaired) electrons. The van der Waals surface area contributed by atoms with E-state index < -0.39 is 0 Å². The van der Waals surface area contributed by atoms with E-state index in [2.05, 4.69) is 49.0 Å². The molecule has 0 unspecified atom stereocenters. The maximum atomic E-state index is 2.60. The molecule has 1 aromatic rings. The van der Waals surface area contributed by atoms with Crippen molar-refractivity contribution in [3.8, 4) is 0 Å². The summed E-state index contributed by atoms with van der Waals surface area (Å²) in [6.45, 7) is 3.76. The Balaban J connectivity index is 1.83. The summed E-state index contributed by atoms with van der Waals surface area (Å²) in [5, 5.41) is 0. The van der Waals surface area contributed by atoms with Crippen LogP contribution in [0.1, 0.15) is 6.42 Å². The van der Waals surface area contributed by atoms with Crippen molar-refractivity contribution in [2.75, 3.05) is 31.6 Å². The van der Waals surface area contributed by atoms with E-state index >= 15 is 0 Å². The van der Waals surface area contributed by atoms with Gasteiger partial charge in [0, 0.05) is 31.4 Å². The smallest absolute Gasteiger partial charge is 0.139 e. The number of rotatable bonds is 1. The fourth-order valence-corrected chi connectivity index (χ4v) is 3.23. The van der Waals surface area contributed by atoms with Gasteiger partial charge >= 0.3 is 0 Å². The minimum absolute atomic E-state index is 0.757. The third-order valence-electron chi connectivity index (χ3n) is 4.10. The fourth-order valence-electron chi connectivity index (χ4n) is 3.23. The lowest BCUT2D eigenvalue weighted by atomic mass is 9.96. The molecule has 2 nitrogen and oxygen atoms in total. The first-order valence-corrected chi connectivity index (χ1v) is 6.26. The van der Waals surface area contributed by atoms with Gasteiger partial charge in [-0.3, -0.25) is 0 Å². The molecule has 2 atom stereocenters. The number of benzene rings is 1. The molecule has 0 saturated carbocycles. The topological polar surface area (TPSA) is 6.48 Å². The average molecular weight is 214 g/mol. The van der Waals surface area contributed by atoms with Crippen LogP contribution < -0.4 is 10.4 Å². The molecule has 16 heavy (non-hydrogen) atoms. The predicted molar refractivity (Wildman–Crippen MR) is 71.4 cm³/mol. The number of likely N-dealkylation sites (tertiary alicyclic amines) is 1. The number of hydrogen-bond donors (Lipinski definition) is 0. The molecule has 2 aliphatic heterocycles. The lowest BCUT2D eigenvalue weighted by Gasteiger charge is -2.26. The highest BCUT2D eigenvalue weighted by Gasteiger charge is 2.39. The van der Waals surface area contributed by atoms with Crippen LogP contribution in [0.5, 0.6) is 0 Å². The third-order valence-corrected chi connectivity index (χ3v) is 4.10. The van der Waals surface area contributed by atoms with Crippen molar-refractivity contribution in [1.29, 1.82) is 0 Å². The second-order valence-corrected chi connectivity index (χ2v) is 5.37. The van der Waals surface area contributed by atoms with E-state index in [-0.39, 0.29) is 0 Å². The van der Waals surface area contributed by atoms with E-state index in [1.807, 2.05) is 0 Å². The van der Waals surface area contributed by atoms with Crippen LogP contribution in [-0.2, 0) is 0 Å². The molecule has 0 amide bonds. The monoisotopic (exact) mass is 214 g/mol. The van der Waals surface area contributed by atoms with Crippen molar-refractivity contribution < 1.29 is 0 Å². The third kappa shape index (κ3) is 1.63. The minimum Gasteiger partial charge on any atom is -0.367 e. The summed E-state index contributed by atoms with van der Waals surface area (Å²) in [7, 11) is 4.39. The van der Waals surface area contributed by atoms with E-state index in [0.717, 1.165) is 12.0 Å². The van der Waals surface area contributed by atoms with Crippen LogP contribution in [0.15, 0.2) is 24.3 Å². The Morgan fingerprint density at radius 2 is 1.94 bits per heavy atom. The second-order valence-electron chi connectivity index (χ2n) is 5.37. The highest BCUT2D eigenvalue weighted by molar-refractivity contribution is 6.32. The van der Waals surface area contributed by atoms with E-state index in [0.29, 0.717) is 0 Å². The Bertz CT molecular complexity index is 376. The Morgan fingerprint density at radius 3 is 2.69 bits per heavy atom. The summed E-state index contributed by atoms with van der Waals surface area (Å²) in [6, 6.07) is 9.75. The highest BCUT2D eigenvalue weighted by atomic mass is 15.3. The van der Waals surface area contributed by atoms with Gasteiger partial charge in [0.1, 0.15) is 7.85 Å². The summed E-state index contributed by atoms with van der Waals surface area (Å²) in [5.41, 5.74) is 2.76. The van der Waals surface area contributed by atoms with Gasteiger partial charge in [0.2, 0.25) is 0 Å². The molecular weight excluding hydrogens is 195 g/mol. The van der Waals surface area contributed by atoms with Gasteiger partial charge in [-0.2, -0.15) is 0 Å². The quantitative estimate of drug-likeness (QED) is 0.611. The number of nitrogens with zero attached hydrogens (tertiary/aromatic N) is 2. The molecule has 3 heteroatoms. The lowest BCUT2D eigenvalue weighted by Crippen LogP contribution is -2.34.